The largest absolute Gasteiger partial charge is 0.388 e. The number of hydrogen-bond donors (Lipinski definition) is 2. The Morgan fingerprint density at radius 2 is 2.08 bits per heavy atom. The van der Waals surface area contributed by atoms with Crippen molar-refractivity contribution in [2.75, 3.05) is 22.3 Å². The molecule has 9 heteroatoms. The molecule has 1 aromatic heterocycles. The Kier molecular flexibility index (Phi) is 5.09. The normalized spacial score (nSPS) is 20.6. The number of aliphatic hydroxyl groups is 2. The third kappa shape index (κ3) is 3.40. The van der Waals surface area contributed by atoms with Crippen molar-refractivity contribution < 1.29 is 18.6 Å². The van der Waals surface area contributed by atoms with E-state index < -0.39 is 22.4 Å². The van der Waals surface area contributed by atoms with Gasteiger partial charge < -0.3 is 15.1 Å². The minimum atomic E-state index is -3.77. The molecular weight excluding hydrogens is 362 g/mol. The molecule has 0 saturated carbocycles. The van der Waals surface area contributed by atoms with Crippen molar-refractivity contribution in [3.63, 3.8) is 0 Å². The summed E-state index contributed by atoms with van der Waals surface area (Å²) in [6, 6.07) is 6.24. The Bertz CT molecular complexity index is 822. The van der Waals surface area contributed by atoms with Crippen LogP contribution in [0.25, 0.3) is 0 Å². The second kappa shape index (κ2) is 7.12. The van der Waals surface area contributed by atoms with Crippen LogP contribution in [0.1, 0.15) is 6.42 Å². The number of hydrogen-bond acceptors (Lipinski definition) is 7. The summed E-state index contributed by atoms with van der Waals surface area (Å²) in [5, 5.41) is 21.7. The third-order valence-electron chi connectivity index (χ3n) is 4.01. The lowest BCUT2D eigenvalue weighted by Gasteiger charge is -2.24. The van der Waals surface area contributed by atoms with E-state index in [0.717, 1.165) is 0 Å². The molecule has 1 aromatic carbocycles. The van der Waals surface area contributed by atoms with E-state index in [0.29, 0.717) is 23.8 Å². The molecule has 3 rings (SSSR count). The summed E-state index contributed by atoms with van der Waals surface area (Å²) in [5.41, 5.74) is 0.660. The predicted octanol–water partition coefficient (Wildman–Crippen LogP) is 1.41. The fourth-order valence-electron chi connectivity index (χ4n) is 2.71. The van der Waals surface area contributed by atoms with E-state index in [9.17, 15) is 18.6 Å². The molecule has 0 radical (unpaired) electrons. The van der Waals surface area contributed by atoms with Crippen molar-refractivity contribution in [2.45, 2.75) is 23.6 Å². The van der Waals surface area contributed by atoms with Gasteiger partial charge in [0.2, 0.25) is 0 Å². The van der Waals surface area contributed by atoms with E-state index in [1.807, 2.05) is 0 Å². The molecule has 2 aromatic rings. The van der Waals surface area contributed by atoms with Crippen molar-refractivity contribution in [2.24, 2.45) is 0 Å². The maximum atomic E-state index is 12.9. The van der Waals surface area contributed by atoms with Crippen LogP contribution in [0.4, 0.5) is 10.8 Å². The molecule has 2 unspecified atom stereocenters. The molecule has 7 nitrogen and oxygen atoms in total. The van der Waals surface area contributed by atoms with E-state index in [1.54, 1.807) is 28.6 Å². The van der Waals surface area contributed by atoms with E-state index in [1.165, 1.54) is 33.9 Å². The molecule has 2 N–H and O–H groups in total. The molecule has 0 bridgehead atoms. The SMILES string of the molecule is C=CCN(c1nccs1)S(=O)(=O)c1ccc(N2CCC(O)C2O)cc1. The fraction of sp³-hybridized carbons (Fsp3) is 0.312. The zero-order valence-electron chi connectivity index (χ0n) is 13.4. The van der Waals surface area contributed by atoms with Crippen LogP contribution in [0.15, 0.2) is 53.4 Å². The lowest BCUT2D eigenvalue weighted by atomic mass is 10.3. The molecule has 1 saturated heterocycles. The van der Waals surface area contributed by atoms with Gasteiger partial charge in [-0.3, -0.25) is 0 Å². The number of anilines is 2. The number of nitrogens with zero attached hydrogens (tertiary/aromatic N) is 3. The van der Waals surface area contributed by atoms with Crippen LogP contribution >= 0.6 is 11.3 Å². The second-order valence-electron chi connectivity index (χ2n) is 5.60. The van der Waals surface area contributed by atoms with Crippen LogP contribution in [-0.2, 0) is 10.0 Å². The van der Waals surface area contributed by atoms with Crippen molar-refractivity contribution in [3.05, 3.63) is 48.5 Å². The van der Waals surface area contributed by atoms with E-state index in [-0.39, 0.29) is 11.4 Å². The van der Waals surface area contributed by atoms with E-state index >= 15 is 0 Å². The van der Waals surface area contributed by atoms with Crippen LogP contribution in [0.5, 0.6) is 0 Å². The minimum absolute atomic E-state index is 0.120. The van der Waals surface area contributed by atoms with Gasteiger partial charge in [-0.25, -0.2) is 17.7 Å². The van der Waals surface area contributed by atoms with Gasteiger partial charge in [-0.2, -0.15) is 0 Å². The zero-order chi connectivity index (χ0) is 18.0. The first-order chi connectivity index (χ1) is 11.9. The fourth-order valence-corrected chi connectivity index (χ4v) is 4.98. The molecular formula is C16H19N3O4S2. The van der Waals surface area contributed by atoms with Gasteiger partial charge in [0.25, 0.3) is 10.0 Å². The van der Waals surface area contributed by atoms with Gasteiger partial charge in [-0.05, 0) is 30.7 Å². The molecule has 1 fully saturated rings. The molecule has 1 aliphatic heterocycles. The summed E-state index contributed by atoms with van der Waals surface area (Å²) in [6.45, 7) is 4.24. The highest BCUT2D eigenvalue weighted by atomic mass is 32.2. The number of sulfonamides is 1. The Morgan fingerprint density at radius 3 is 2.60 bits per heavy atom. The number of rotatable bonds is 6. The Hall–Kier alpha value is -1.94. The zero-order valence-corrected chi connectivity index (χ0v) is 15.0. The molecule has 2 atom stereocenters. The van der Waals surface area contributed by atoms with Gasteiger partial charge in [0, 0.05) is 23.8 Å². The van der Waals surface area contributed by atoms with Crippen LogP contribution in [0.3, 0.4) is 0 Å². The predicted molar refractivity (Wildman–Crippen MR) is 97.3 cm³/mol. The van der Waals surface area contributed by atoms with Crippen molar-refractivity contribution >= 4 is 32.2 Å². The number of benzene rings is 1. The van der Waals surface area contributed by atoms with Crippen molar-refractivity contribution in [3.8, 4) is 0 Å². The first kappa shape index (κ1) is 17.9. The standard InChI is InChI=1S/C16H19N3O4S2/c1-2-9-19(16-17-8-11-24-16)25(22,23)13-5-3-12(4-6-13)18-10-7-14(20)15(18)21/h2-6,8,11,14-15,20-21H,1,7,9-10H2. The highest BCUT2D eigenvalue weighted by Crippen LogP contribution is 2.29. The van der Waals surface area contributed by atoms with Gasteiger partial charge in [0.1, 0.15) is 6.10 Å². The highest BCUT2D eigenvalue weighted by molar-refractivity contribution is 7.93. The van der Waals surface area contributed by atoms with E-state index in [4.69, 9.17) is 0 Å². The van der Waals surface area contributed by atoms with Crippen LogP contribution < -0.4 is 9.21 Å². The highest BCUT2D eigenvalue weighted by Gasteiger charge is 2.31. The van der Waals surface area contributed by atoms with E-state index in [2.05, 4.69) is 11.6 Å². The molecule has 134 valence electrons. The van der Waals surface area contributed by atoms with Gasteiger partial charge >= 0.3 is 0 Å². The smallest absolute Gasteiger partial charge is 0.266 e. The van der Waals surface area contributed by atoms with Gasteiger partial charge in [0.15, 0.2) is 11.4 Å². The van der Waals surface area contributed by atoms with Crippen molar-refractivity contribution in [1.29, 1.82) is 0 Å². The van der Waals surface area contributed by atoms with Crippen LogP contribution in [0, 0.1) is 0 Å². The maximum Gasteiger partial charge on any atom is 0.266 e. The molecule has 0 amide bonds. The summed E-state index contributed by atoms with van der Waals surface area (Å²) in [5.74, 6) is 0. The topological polar surface area (TPSA) is 94.0 Å². The summed E-state index contributed by atoms with van der Waals surface area (Å²) < 4.78 is 27.0. The summed E-state index contributed by atoms with van der Waals surface area (Å²) in [7, 11) is -3.77. The van der Waals surface area contributed by atoms with Gasteiger partial charge in [-0.15, -0.1) is 17.9 Å². The number of aromatic nitrogens is 1. The summed E-state index contributed by atoms with van der Waals surface area (Å²) in [6.07, 6.45) is 1.76. The second-order valence-corrected chi connectivity index (χ2v) is 8.33. The Balaban J connectivity index is 1.88. The molecule has 2 heterocycles. The van der Waals surface area contributed by atoms with Gasteiger partial charge in [-0.1, -0.05) is 6.08 Å². The first-order valence-electron chi connectivity index (χ1n) is 7.71. The van der Waals surface area contributed by atoms with Crippen molar-refractivity contribution in [1.82, 2.24) is 4.98 Å². The Labute approximate surface area is 150 Å². The molecule has 0 spiro atoms. The average molecular weight is 381 g/mol. The average Bonchev–Trinajstić information content (AvgIpc) is 3.24. The van der Waals surface area contributed by atoms with Crippen LogP contribution in [0.2, 0.25) is 0 Å². The monoisotopic (exact) mass is 381 g/mol. The van der Waals surface area contributed by atoms with Gasteiger partial charge in [0.05, 0.1) is 11.4 Å². The Morgan fingerprint density at radius 1 is 1.36 bits per heavy atom. The molecule has 1 aliphatic rings. The minimum Gasteiger partial charge on any atom is -0.388 e. The summed E-state index contributed by atoms with van der Waals surface area (Å²) >= 11 is 1.24. The molecule has 25 heavy (non-hydrogen) atoms. The first-order valence-corrected chi connectivity index (χ1v) is 10.0. The maximum absolute atomic E-state index is 12.9. The number of aliphatic hydroxyl groups excluding tert-OH is 2. The quantitative estimate of drug-likeness (QED) is 0.735. The number of thiazole rings is 1. The molecule has 0 aliphatic carbocycles. The summed E-state index contributed by atoms with van der Waals surface area (Å²) in [4.78, 5) is 5.84. The lowest BCUT2D eigenvalue weighted by molar-refractivity contribution is 0.0449. The third-order valence-corrected chi connectivity index (χ3v) is 6.69. The lowest BCUT2D eigenvalue weighted by Crippen LogP contribution is -2.34. The van der Waals surface area contributed by atoms with Crippen LogP contribution in [-0.4, -0.2) is 49.0 Å².